The van der Waals surface area contributed by atoms with Crippen LogP contribution in [-0.4, -0.2) is 24.9 Å². The van der Waals surface area contributed by atoms with Gasteiger partial charge in [0.1, 0.15) is 0 Å². The van der Waals surface area contributed by atoms with E-state index in [4.69, 9.17) is 23.2 Å². The van der Waals surface area contributed by atoms with Crippen molar-refractivity contribution >= 4 is 41.1 Å². The van der Waals surface area contributed by atoms with Gasteiger partial charge in [-0.2, -0.15) is 0 Å². The lowest BCUT2D eigenvalue weighted by atomic mass is 10.2. The van der Waals surface area contributed by atoms with Crippen LogP contribution in [0.1, 0.15) is 19.4 Å². The Kier molecular flexibility index (Phi) is 7.26. The van der Waals surface area contributed by atoms with Gasteiger partial charge in [0.15, 0.2) is 0 Å². The predicted octanol–water partition coefficient (Wildman–Crippen LogP) is 2.90. The van der Waals surface area contributed by atoms with Gasteiger partial charge >= 0.3 is 0 Å². The zero-order chi connectivity index (χ0) is 15.8. The van der Waals surface area contributed by atoms with Gasteiger partial charge in [0, 0.05) is 40.7 Å². The molecule has 0 aliphatic carbocycles. The van der Waals surface area contributed by atoms with E-state index in [1.807, 2.05) is 13.8 Å². The first-order chi connectivity index (χ1) is 9.91. The number of nitrogens with one attached hydrogen (secondary N) is 2. The van der Waals surface area contributed by atoms with E-state index in [9.17, 15) is 9.59 Å². The fraction of sp³-hybridized carbons (Fsp3) is 0.333. The van der Waals surface area contributed by atoms with Crippen LogP contribution >= 0.6 is 23.2 Å². The molecule has 21 heavy (non-hydrogen) atoms. The highest BCUT2D eigenvalue weighted by atomic mass is 35.5. The molecule has 1 aromatic rings. The number of hydrogen-bond donors (Lipinski definition) is 2. The largest absolute Gasteiger partial charge is 0.354 e. The lowest BCUT2D eigenvalue weighted by Gasteiger charge is -2.07. The summed E-state index contributed by atoms with van der Waals surface area (Å²) in [7, 11) is 0. The number of hydrogen-bond acceptors (Lipinski definition) is 2. The Morgan fingerprint density at radius 1 is 1.14 bits per heavy atom. The Labute approximate surface area is 134 Å². The molecule has 1 rings (SSSR count). The number of carbonyl (C=O) groups excluding carboxylic acids is 2. The first-order valence-corrected chi connectivity index (χ1v) is 7.35. The van der Waals surface area contributed by atoms with Crippen molar-refractivity contribution < 1.29 is 9.59 Å². The second kappa shape index (κ2) is 8.70. The minimum absolute atomic E-state index is 0.0392. The molecule has 0 saturated carbocycles. The normalized spacial score (nSPS) is 10.9. The van der Waals surface area contributed by atoms with Crippen LogP contribution in [0.15, 0.2) is 24.3 Å². The monoisotopic (exact) mass is 328 g/mol. The fourth-order valence-electron chi connectivity index (χ4n) is 1.46. The summed E-state index contributed by atoms with van der Waals surface area (Å²) in [5.74, 6) is -0.379. The molecule has 0 aliphatic heterocycles. The van der Waals surface area contributed by atoms with Gasteiger partial charge in [0.2, 0.25) is 11.8 Å². The van der Waals surface area contributed by atoms with Crippen LogP contribution in [0.4, 0.5) is 0 Å². The van der Waals surface area contributed by atoms with Crippen LogP contribution in [0.25, 0.3) is 6.08 Å². The molecule has 0 radical (unpaired) electrons. The van der Waals surface area contributed by atoms with Crippen molar-refractivity contribution in [1.82, 2.24) is 10.6 Å². The Balaban J connectivity index is 2.40. The lowest BCUT2D eigenvalue weighted by Crippen LogP contribution is -2.35. The summed E-state index contributed by atoms with van der Waals surface area (Å²) in [6, 6.07) is 5.14. The molecule has 0 spiro atoms. The van der Waals surface area contributed by atoms with E-state index in [-0.39, 0.29) is 17.7 Å². The maximum Gasteiger partial charge on any atom is 0.244 e. The highest BCUT2D eigenvalue weighted by Crippen LogP contribution is 2.25. The predicted molar refractivity (Wildman–Crippen MR) is 86.4 cm³/mol. The molecule has 0 aliphatic rings. The van der Waals surface area contributed by atoms with Gasteiger partial charge in [-0.1, -0.05) is 43.1 Å². The van der Waals surface area contributed by atoms with E-state index >= 15 is 0 Å². The molecule has 0 saturated heterocycles. The van der Waals surface area contributed by atoms with E-state index in [0.29, 0.717) is 28.7 Å². The maximum atomic E-state index is 11.6. The van der Waals surface area contributed by atoms with Gasteiger partial charge in [-0.3, -0.25) is 9.59 Å². The molecule has 1 aromatic carbocycles. The van der Waals surface area contributed by atoms with E-state index in [0.717, 1.165) is 0 Å². The first-order valence-electron chi connectivity index (χ1n) is 6.59. The smallest absolute Gasteiger partial charge is 0.244 e. The van der Waals surface area contributed by atoms with Crippen LogP contribution in [0, 0.1) is 5.92 Å². The molecule has 4 nitrogen and oxygen atoms in total. The van der Waals surface area contributed by atoms with Crippen molar-refractivity contribution in [2.24, 2.45) is 5.92 Å². The zero-order valence-electron chi connectivity index (χ0n) is 12.0. The average Bonchev–Trinajstić information content (AvgIpc) is 2.42. The molecule has 114 valence electrons. The van der Waals surface area contributed by atoms with E-state index in [1.165, 1.54) is 6.08 Å². The van der Waals surface area contributed by atoms with Gasteiger partial charge in [-0.25, -0.2) is 0 Å². The second-order valence-corrected chi connectivity index (χ2v) is 5.52. The third-order valence-corrected chi connectivity index (χ3v) is 3.31. The molecule has 0 unspecified atom stereocenters. The zero-order valence-corrected chi connectivity index (χ0v) is 13.5. The SMILES string of the molecule is CC(C)C(=O)NCCNC(=O)/C=C/c1c(Cl)cccc1Cl. The van der Waals surface area contributed by atoms with Crippen LogP contribution in [0.2, 0.25) is 10.0 Å². The highest BCUT2D eigenvalue weighted by Gasteiger charge is 2.05. The molecule has 0 aromatic heterocycles. The van der Waals surface area contributed by atoms with Crippen LogP contribution in [0.5, 0.6) is 0 Å². The minimum Gasteiger partial charge on any atom is -0.354 e. The van der Waals surface area contributed by atoms with Crippen LogP contribution in [-0.2, 0) is 9.59 Å². The third kappa shape index (κ3) is 6.19. The summed E-state index contributed by atoms with van der Waals surface area (Å²) in [6.07, 6.45) is 2.92. The maximum absolute atomic E-state index is 11.6. The Morgan fingerprint density at radius 3 is 2.29 bits per heavy atom. The van der Waals surface area contributed by atoms with Crippen LogP contribution < -0.4 is 10.6 Å². The van der Waals surface area contributed by atoms with Gasteiger partial charge in [-0.05, 0) is 18.2 Å². The average molecular weight is 329 g/mol. The molecule has 0 heterocycles. The number of rotatable bonds is 6. The van der Waals surface area contributed by atoms with Crippen molar-refractivity contribution in [1.29, 1.82) is 0 Å². The molecular formula is C15H18Cl2N2O2. The molecular weight excluding hydrogens is 311 g/mol. The lowest BCUT2D eigenvalue weighted by molar-refractivity contribution is -0.124. The summed E-state index contributed by atoms with van der Waals surface area (Å²) in [5, 5.41) is 6.33. The first kappa shape index (κ1) is 17.5. The molecule has 6 heteroatoms. The standard InChI is InChI=1S/C15H18Cl2N2O2/c1-10(2)15(21)19-9-8-18-14(20)7-6-11-12(16)4-3-5-13(11)17/h3-7,10H,8-9H2,1-2H3,(H,18,20)(H,19,21)/b7-6+. The molecule has 0 fully saturated rings. The summed E-state index contributed by atoms with van der Waals surface area (Å²) in [5.41, 5.74) is 0.601. The number of amides is 2. The van der Waals surface area contributed by atoms with Crippen molar-refractivity contribution in [3.8, 4) is 0 Å². The highest BCUT2D eigenvalue weighted by molar-refractivity contribution is 6.37. The molecule has 0 atom stereocenters. The third-order valence-electron chi connectivity index (χ3n) is 2.65. The Bertz CT molecular complexity index is 522. The molecule has 2 N–H and O–H groups in total. The van der Waals surface area contributed by atoms with Gasteiger partial charge < -0.3 is 10.6 Å². The summed E-state index contributed by atoms with van der Waals surface area (Å²) in [6.45, 7) is 4.37. The molecule has 2 amide bonds. The van der Waals surface area contributed by atoms with E-state index < -0.39 is 0 Å². The van der Waals surface area contributed by atoms with E-state index in [2.05, 4.69) is 10.6 Å². The van der Waals surface area contributed by atoms with Crippen molar-refractivity contribution in [2.45, 2.75) is 13.8 Å². The molecule has 0 bridgehead atoms. The van der Waals surface area contributed by atoms with Gasteiger partial charge in [0.25, 0.3) is 0 Å². The van der Waals surface area contributed by atoms with E-state index in [1.54, 1.807) is 24.3 Å². The fourth-order valence-corrected chi connectivity index (χ4v) is 1.99. The Hall–Kier alpha value is -1.52. The van der Waals surface area contributed by atoms with Crippen LogP contribution in [0.3, 0.4) is 0 Å². The quantitative estimate of drug-likeness (QED) is 0.623. The number of halogens is 2. The summed E-state index contributed by atoms with van der Waals surface area (Å²) >= 11 is 12.0. The summed E-state index contributed by atoms with van der Waals surface area (Å²) in [4.78, 5) is 22.9. The van der Waals surface area contributed by atoms with Crippen molar-refractivity contribution in [3.05, 3.63) is 39.9 Å². The van der Waals surface area contributed by atoms with Crippen molar-refractivity contribution in [2.75, 3.05) is 13.1 Å². The topological polar surface area (TPSA) is 58.2 Å². The van der Waals surface area contributed by atoms with Gasteiger partial charge in [0.05, 0.1) is 0 Å². The summed E-state index contributed by atoms with van der Waals surface area (Å²) < 4.78 is 0. The minimum atomic E-state index is -0.273. The van der Waals surface area contributed by atoms with Crippen molar-refractivity contribution in [3.63, 3.8) is 0 Å². The number of benzene rings is 1. The Morgan fingerprint density at radius 2 is 1.71 bits per heavy atom. The number of carbonyl (C=O) groups is 2. The van der Waals surface area contributed by atoms with Gasteiger partial charge in [-0.15, -0.1) is 0 Å². The second-order valence-electron chi connectivity index (χ2n) is 4.71.